The normalized spacial score (nSPS) is 26.2. The van der Waals surface area contributed by atoms with E-state index in [-0.39, 0.29) is 0 Å². The number of likely N-dealkylation sites (tertiary alicyclic amines) is 1. The van der Waals surface area contributed by atoms with E-state index in [1.165, 1.54) is 51.6 Å². The summed E-state index contributed by atoms with van der Waals surface area (Å²) < 4.78 is 0. The molecule has 0 saturated carbocycles. The fourth-order valence-corrected chi connectivity index (χ4v) is 2.64. The highest BCUT2D eigenvalue weighted by Crippen LogP contribution is 2.20. The summed E-state index contributed by atoms with van der Waals surface area (Å²) in [7, 11) is 0. The highest BCUT2D eigenvalue weighted by Gasteiger charge is 2.21. The highest BCUT2D eigenvalue weighted by molar-refractivity contribution is 4.76. The second-order valence-electron chi connectivity index (χ2n) is 4.92. The van der Waals surface area contributed by atoms with Crippen LogP contribution >= 0.6 is 0 Å². The lowest BCUT2D eigenvalue weighted by molar-refractivity contribution is 0.164. The smallest absolute Gasteiger partial charge is 0.00927 e. The van der Waals surface area contributed by atoms with Gasteiger partial charge in [0.2, 0.25) is 0 Å². The van der Waals surface area contributed by atoms with Crippen LogP contribution in [0, 0.1) is 5.92 Å². The van der Waals surface area contributed by atoms with Crippen molar-refractivity contribution in [3.8, 4) is 0 Å². The first-order chi connectivity index (χ1) is 7.31. The predicted molar refractivity (Wildman–Crippen MR) is 67.0 cm³/mol. The van der Waals surface area contributed by atoms with Crippen molar-refractivity contribution in [1.29, 1.82) is 0 Å². The van der Waals surface area contributed by atoms with E-state index in [4.69, 9.17) is 5.73 Å². The van der Waals surface area contributed by atoms with Crippen molar-refractivity contribution in [3.63, 3.8) is 0 Å². The molecule has 0 aliphatic carbocycles. The Morgan fingerprint density at radius 3 is 2.67 bits per heavy atom. The van der Waals surface area contributed by atoms with Crippen molar-refractivity contribution in [1.82, 2.24) is 4.90 Å². The molecule has 0 bridgehead atoms. The second kappa shape index (κ2) is 7.24. The molecule has 15 heavy (non-hydrogen) atoms. The van der Waals surface area contributed by atoms with Gasteiger partial charge in [0.25, 0.3) is 0 Å². The number of nitrogens with two attached hydrogens (primary N) is 1. The first-order valence-electron chi connectivity index (χ1n) is 6.75. The summed E-state index contributed by atoms with van der Waals surface area (Å²) in [5.74, 6) is 0.706. The second-order valence-corrected chi connectivity index (χ2v) is 4.92. The molecule has 2 nitrogen and oxygen atoms in total. The van der Waals surface area contributed by atoms with Gasteiger partial charge in [-0.25, -0.2) is 0 Å². The Labute approximate surface area is 95.2 Å². The maximum atomic E-state index is 5.80. The third kappa shape index (κ3) is 4.12. The number of nitrogens with zero attached hydrogens (tertiary/aromatic N) is 1. The summed E-state index contributed by atoms with van der Waals surface area (Å²) in [5, 5.41) is 0. The maximum Gasteiger partial charge on any atom is 0.00927 e. The molecule has 1 rings (SSSR count). The fourth-order valence-electron chi connectivity index (χ4n) is 2.64. The van der Waals surface area contributed by atoms with Crippen LogP contribution in [0.25, 0.3) is 0 Å². The molecule has 1 aliphatic rings. The Kier molecular flexibility index (Phi) is 6.26. The summed E-state index contributed by atoms with van der Waals surface area (Å²) >= 11 is 0. The molecule has 0 amide bonds. The summed E-state index contributed by atoms with van der Waals surface area (Å²) in [6.45, 7) is 7.96. The number of hydrogen-bond acceptors (Lipinski definition) is 2. The summed E-state index contributed by atoms with van der Waals surface area (Å²) in [6.07, 6.45) is 8.17. The minimum atomic E-state index is 0.706. The third-order valence-electron chi connectivity index (χ3n) is 3.87. The third-order valence-corrected chi connectivity index (χ3v) is 3.87. The van der Waals surface area contributed by atoms with Crippen LogP contribution in [0.15, 0.2) is 0 Å². The molecule has 0 aromatic heterocycles. The predicted octanol–water partition coefficient (Wildman–Crippen LogP) is 2.63. The van der Waals surface area contributed by atoms with Crippen LogP contribution in [0.4, 0.5) is 0 Å². The van der Waals surface area contributed by atoms with Crippen LogP contribution in [0.3, 0.4) is 0 Å². The molecule has 2 unspecified atom stereocenters. The SMILES string of the molecule is CCC(CN)CN1CCCCCC1CC. The van der Waals surface area contributed by atoms with Crippen molar-refractivity contribution < 1.29 is 0 Å². The van der Waals surface area contributed by atoms with E-state index in [1.807, 2.05) is 0 Å². The summed E-state index contributed by atoms with van der Waals surface area (Å²) in [6, 6.07) is 0.827. The van der Waals surface area contributed by atoms with Gasteiger partial charge in [0, 0.05) is 12.6 Å². The topological polar surface area (TPSA) is 29.3 Å². The Hall–Kier alpha value is -0.0800. The number of hydrogen-bond donors (Lipinski definition) is 1. The van der Waals surface area contributed by atoms with Crippen LogP contribution in [0.2, 0.25) is 0 Å². The summed E-state index contributed by atoms with van der Waals surface area (Å²) in [4.78, 5) is 2.70. The molecule has 1 heterocycles. The minimum Gasteiger partial charge on any atom is -0.330 e. The molecule has 1 saturated heterocycles. The molecule has 0 aromatic rings. The fraction of sp³-hybridized carbons (Fsp3) is 1.00. The molecule has 2 atom stereocenters. The van der Waals surface area contributed by atoms with E-state index in [0.29, 0.717) is 5.92 Å². The molecular formula is C13H28N2. The van der Waals surface area contributed by atoms with Gasteiger partial charge in [-0.1, -0.05) is 33.1 Å². The molecule has 0 aromatic carbocycles. The zero-order valence-electron chi connectivity index (χ0n) is 10.5. The van der Waals surface area contributed by atoms with Crippen LogP contribution < -0.4 is 5.73 Å². The standard InChI is InChI=1S/C13H28N2/c1-3-12(10-14)11-15-9-7-5-6-8-13(15)4-2/h12-13H,3-11,14H2,1-2H3. The highest BCUT2D eigenvalue weighted by atomic mass is 15.2. The molecule has 90 valence electrons. The van der Waals surface area contributed by atoms with Gasteiger partial charge in [-0.05, 0) is 38.3 Å². The zero-order chi connectivity index (χ0) is 11.1. The number of rotatable bonds is 5. The van der Waals surface area contributed by atoms with E-state index in [0.717, 1.165) is 12.6 Å². The molecule has 1 fully saturated rings. The lowest BCUT2D eigenvalue weighted by Gasteiger charge is -2.32. The molecule has 1 aliphatic heterocycles. The van der Waals surface area contributed by atoms with Crippen molar-refractivity contribution >= 4 is 0 Å². The lowest BCUT2D eigenvalue weighted by Crippen LogP contribution is -2.39. The Morgan fingerprint density at radius 2 is 2.07 bits per heavy atom. The Morgan fingerprint density at radius 1 is 1.27 bits per heavy atom. The van der Waals surface area contributed by atoms with Crippen molar-refractivity contribution in [2.45, 2.75) is 58.4 Å². The van der Waals surface area contributed by atoms with Crippen LogP contribution in [0.5, 0.6) is 0 Å². The monoisotopic (exact) mass is 212 g/mol. The molecule has 0 spiro atoms. The molecule has 2 N–H and O–H groups in total. The average Bonchev–Trinajstić information content (AvgIpc) is 2.50. The van der Waals surface area contributed by atoms with Crippen molar-refractivity contribution in [2.75, 3.05) is 19.6 Å². The van der Waals surface area contributed by atoms with Gasteiger partial charge in [0.15, 0.2) is 0 Å². The van der Waals surface area contributed by atoms with Crippen LogP contribution in [0.1, 0.15) is 52.4 Å². The largest absolute Gasteiger partial charge is 0.330 e. The van der Waals surface area contributed by atoms with Crippen molar-refractivity contribution in [3.05, 3.63) is 0 Å². The Balaban J connectivity index is 2.46. The molecule has 2 heteroatoms. The van der Waals surface area contributed by atoms with Gasteiger partial charge < -0.3 is 10.6 Å². The van der Waals surface area contributed by atoms with Gasteiger partial charge in [-0.3, -0.25) is 0 Å². The van der Waals surface area contributed by atoms with E-state index in [1.54, 1.807) is 0 Å². The van der Waals surface area contributed by atoms with Crippen LogP contribution in [-0.2, 0) is 0 Å². The van der Waals surface area contributed by atoms with E-state index in [9.17, 15) is 0 Å². The lowest BCUT2D eigenvalue weighted by atomic mass is 10.0. The van der Waals surface area contributed by atoms with E-state index in [2.05, 4.69) is 18.7 Å². The first kappa shape index (κ1) is 13.0. The molecule has 0 radical (unpaired) electrons. The van der Waals surface area contributed by atoms with Gasteiger partial charge in [-0.15, -0.1) is 0 Å². The maximum absolute atomic E-state index is 5.80. The van der Waals surface area contributed by atoms with Crippen molar-refractivity contribution in [2.24, 2.45) is 11.7 Å². The van der Waals surface area contributed by atoms with E-state index >= 15 is 0 Å². The van der Waals surface area contributed by atoms with E-state index < -0.39 is 0 Å². The molecular weight excluding hydrogens is 184 g/mol. The minimum absolute atomic E-state index is 0.706. The first-order valence-corrected chi connectivity index (χ1v) is 6.75. The van der Waals surface area contributed by atoms with Gasteiger partial charge in [0.1, 0.15) is 0 Å². The van der Waals surface area contributed by atoms with Gasteiger partial charge >= 0.3 is 0 Å². The van der Waals surface area contributed by atoms with Crippen LogP contribution in [-0.4, -0.2) is 30.6 Å². The van der Waals surface area contributed by atoms with Gasteiger partial charge in [0.05, 0.1) is 0 Å². The Bertz CT molecular complexity index is 155. The quantitative estimate of drug-likeness (QED) is 0.759. The average molecular weight is 212 g/mol. The zero-order valence-corrected chi connectivity index (χ0v) is 10.5. The van der Waals surface area contributed by atoms with Gasteiger partial charge in [-0.2, -0.15) is 0 Å². The summed E-state index contributed by atoms with van der Waals surface area (Å²) in [5.41, 5.74) is 5.80.